The number of carbonyl (C=O) groups excluding carboxylic acids is 1. The van der Waals surface area contributed by atoms with E-state index in [9.17, 15) is 21.6 Å². The SMILES string of the molecule is COc1cccc(-c2cc(Br)ccc2S(=O)(=O)N2CCC(F)(C(=O)N[C@@H](C)/C=C\S(C)(=O)=O)CC2)c1. The Morgan fingerprint density at radius 1 is 1.17 bits per heavy atom. The van der Waals surface area contributed by atoms with Crippen LogP contribution in [-0.4, -0.2) is 65.2 Å². The lowest BCUT2D eigenvalue weighted by atomic mass is 9.93. The Balaban J connectivity index is 1.80. The van der Waals surface area contributed by atoms with Gasteiger partial charge in [-0.1, -0.05) is 34.1 Å². The minimum Gasteiger partial charge on any atom is -0.497 e. The number of methoxy groups -OCH3 is 1. The zero-order chi connectivity index (χ0) is 26.7. The quantitative estimate of drug-likeness (QED) is 0.493. The van der Waals surface area contributed by atoms with Crippen LogP contribution < -0.4 is 10.1 Å². The van der Waals surface area contributed by atoms with Gasteiger partial charge in [0.15, 0.2) is 15.5 Å². The fraction of sp³-hybridized carbons (Fsp3) is 0.375. The van der Waals surface area contributed by atoms with Gasteiger partial charge >= 0.3 is 0 Å². The molecule has 12 heteroatoms. The van der Waals surface area contributed by atoms with Crippen molar-refractivity contribution in [3.63, 3.8) is 0 Å². The number of halogens is 2. The molecule has 1 heterocycles. The predicted molar refractivity (Wildman–Crippen MR) is 140 cm³/mol. The summed E-state index contributed by atoms with van der Waals surface area (Å²) in [6, 6.07) is 11.1. The van der Waals surface area contributed by atoms with E-state index in [1.165, 1.54) is 30.5 Å². The fourth-order valence-corrected chi connectivity index (χ4v) is 6.35. The van der Waals surface area contributed by atoms with Gasteiger partial charge in [0.25, 0.3) is 5.91 Å². The van der Waals surface area contributed by atoms with E-state index in [4.69, 9.17) is 4.74 Å². The van der Waals surface area contributed by atoms with Crippen molar-refractivity contribution in [3.8, 4) is 16.9 Å². The van der Waals surface area contributed by atoms with Crippen LogP contribution >= 0.6 is 15.9 Å². The van der Waals surface area contributed by atoms with Crippen molar-refractivity contribution >= 4 is 41.7 Å². The number of sulfone groups is 1. The molecule has 0 spiro atoms. The Kier molecular flexibility index (Phi) is 8.64. The summed E-state index contributed by atoms with van der Waals surface area (Å²) in [4.78, 5) is 12.6. The second-order valence-electron chi connectivity index (χ2n) is 8.66. The maximum Gasteiger partial charge on any atom is 0.258 e. The summed E-state index contributed by atoms with van der Waals surface area (Å²) >= 11 is 3.39. The van der Waals surface area contributed by atoms with Crippen LogP contribution in [0.5, 0.6) is 5.75 Å². The third-order valence-corrected chi connectivity index (χ3v) is 8.94. The van der Waals surface area contributed by atoms with Crippen molar-refractivity contribution in [2.24, 2.45) is 0 Å². The number of hydrogen-bond acceptors (Lipinski definition) is 6. The molecule has 1 atom stereocenters. The second-order valence-corrected chi connectivity index (χ2v) is 13.4. The molecule has 0 bridgehead atoms. The molecule has 0 aliphatic carbocycles. The van der Waals surface area contributed by atoms with E-state index in [1.54, 1.807) is 36.4 Å². The fourth-order valence-electron chi connectivity index (χ4n) is 3.84. The molecule has 1 amide bonds. The van der Waals surface area contributed by atoms with Gasteiger partial charge in [-0.2, -0.15) is 4.31 Å². The number of sulfonamides is 1. The minimum absolute atomic E-state index is 0.0642. The number of hydrogen-bond donors (Lipinski definition) is 1. The molecule has 196 valence electrons. The molecule has 1 saturated heterocycles. The number of alkyl halides is 1. The standard InChI is InChI=1S/C24H28BrFN2O6S2/c1-17(9-14-35(3,30)31)27-23(29)24(26)10-12-28(13-11-24)36(32,33)22-8-7-19(25)16-21(22)18-5-4-6-20(15-18)34-2/h4-9,14-17H,10-13H2,1-3H3,(H,27,29)/b14-9-/t17-/m0/s1. The van der Waals surface area contributed by atoms with Gasteiger partial charge in [0, 0.05) is 53.7 Å². The van der Waals surface area contributed by atoms with E-state index < -0.39 is 37.5 Å². The molecule has 0 unspecified atom stereocenters. The van der Waals surface area contributed by atoms with Gasteiger partial charge in [0.2, 0.25) is 10.0 Å². The molecule has 3 rings (SSSR count). The van der Waals surface area contributed by atoms with Crippen LogP contribution in [0.3, 0.4) is 0 Å². The Morgan fingerprint density at radius 2 is 1.83 bits per heavy atom. The Hall–Kier alpha value is -2.28. The van der Waals surface area contributed by atoms with Gasteiger partial charge in [-0.3, -0.25) is 4.79 Å². The molecule has 1 N–H and O–H groups in total. The molecule has 1 aliphatic heterocycles. The first-order valence-electron chi connectivity index (χ1n) is 11.1. The average Bonchev–Trinajstić information content (AvgIpc) is 2.82. The highest BCUT2D eigenvalue weighted by atomic mass is 79.9. The number of nitrogens with one attached hydrogen (secondary N) is 1. The first-order chi connectivity index (χ1) is 16.7. The van der Waals surface area contributed by atoms with Gasteiger partial charge in [0.1, 0.15) is 5.75 Å². The van der Waals surface area contributed by atoms with Crippen LogP contribution in [0.2, 0.25) is 0 Å². The molecule has 2 aromatic rings. The number of rotatable bonds is 8. The summed E-state index contributed by atoms with van der Waals surface area (Å²) in [5, 5.41) is 3.39. The molecule has 8 nitrogen and oxygen atoms in total. The van der Waals surface area contributed by atoms with Gasteiger partial charge in [-0.05, 0) is 42.8 Å². The lowest BCUT2D eigenvalue weighted by Gasteiger charge is -2.35. The van der Waals surface area contributed by atoms with Crippen LogP contribution in [0.4, 0.5) is 4.39 Å². The molecule has 1 aliphatic rings. The second kappa shape index (κ2) is 11.0. The van der Waals surface area contributed by atoms with Crippen molar-refractivity contribution in [1.29, 1.82) is 0 Å². The summed E-state index contributed by atoms with van der Waals surface area (Å²) in [6.07, 6.45) is 1.61. The smallest absolute Gasteiger partial charge is 0.258 e. The first kappa shape index (κ1) is 28.3. The third kappa shape index (κ3) is 6.72. The summed E-state index contributed by atoms with van der Waals surface area (Å²) in [5.74, 6) is -0.325. The van der Waals surface area contributed by atoms with E-state index in [0.29, 0.717) is 21.3 Å². The van der Waals surface area contributed by atoms with Crippen molar-refractivity contribution < 1.29 is 30.8 Å². The monoisotopic (exact) mass is 602 g/mol. The Labute approximate surface area is 219 Å². The van der Waals surface area contributed by atoms with Crippen LogP contribution in [0.25, 0.3) is 11.1 Å². The largest absolute Gasteiger partial charge is 0.497 e. The zero-order valence-electron chi connectivity index (χ0n) is 20.1. The van der Waals surface area contributed by atoms with Crippen LogP contribution in [0.1, 0.15) is 19.8 Å². The van der Waals surface area contributed by atoms with E-state index in [-0.39, 0.29) is 30.8 Å². The Bertz CT molecular complexity index is 1370. The van der Waals surface area contributed by atoms with Gasteiger partial charge in [0.05, 0.1) is 12.0 Å². The number of amides is 1. The van der Waals surface area contributed by atoms with E-state index in [0.717, 1.165) is 11.7 Å². The topological polar surface area (TPSA) is 110 Å². The molecule has 36 heavy (non-hydrogen) atoms. The lowest BCUT2D eigenvalue weighted by molar-refractivity contribution is -0.135. The number of carbonyl (C=O) groups is 1. The zero-order valence-corrected chi connectivity index (χ0v) is 23.3. The highest BCUT2D eigenvalue weighted by molar-refractivity contribution is 9.10. The maximum absolute atomic E-state index is 15.4. The van der Waals surface area contributed by atoms with Crippen LogP contribution in [0.15, 0.2) is 63.3 Å². The third-order valence-electron chi connectivity index (χ3n) is 5.84. The van der Waals surface area contributed by atoms with E-state index >= 15 is 4.39 Å². The van der Waals surface area contributed by atoms with E-state index in [1.807, 2.05) is 0 Å². The summed E-state index contributed by atoms with van der Waals surface area (Å²) in [5.41, 5.74) is -1.17. The average molecular weight is 604 g/mol. The van der Waals surface area contributed by atoms with Crippen molar-refractivity contribution in [2.45, 2.75) is 36.4 Å². The molecular weight excluding hydrogens is 575 g/mol. The van der Waals surface area contributed by atoms with E-state index in [2.05, 4.69) is 21.2 Å². The Morgan fingerprint density at radius 3 is 2.44 bits per heavy atom. The molecule has 0 radical (unpaired) electrons. The highest BCUT2D eigenvalue weighted by Crippen LogP contribution is 2.36. The van der Waals surface area contributed by atoms with Crippen molar-refractivity contribution in [3.05, 3.63) is 58.4 Å². The van der Waals surface area contributed by atoms with Gasteiger partial charge < -0.3 is 10.1 Å². The van der Waals surface area contributed by atoms with Gasteiger partial charge in [-0.25, -0.2) is 21.2 Å². The summed E-state index contributed by atoms with van der Waals surface area (Å²) in [6.45, 7) is 1.15. The maximum atomic E-state index is 15.4. The van der Waals surface area contributed by atoms with Crippen molar-refractivity contribution in [2.75, 3.05) is 26.5 Å². The van der Waals surface area contributed by atoms with Crippen molar-refractivity contribution in [1.82, 2.24) is 9.62 Å². The normalized spacial score (nSPS) is 17.6. The van der Waals surface area contributed by atoms with Gasteiger partial charge in [-0.15, -0.1) is 0 Å². The summed E-state index contributed by atoms with van der Waals surface area (Å²) < 4.78 is 72.2. The molecular formula is C24H28BrFN2O6S2. The molecule has 1 fully saturated rings. The summed E-state index contributed by atoms with van der Waals surface area (Å²) in [7, 11) is -5.87. The highest BCUT2D eigenvalue weighted by Gasteiger charge is 2.44. The lowest BCUT2D eigenvalue weighted by Crippen LogP contribution is -2.53. The van der Waals surface area contributed by atoms with Crippen LogP contribution in [-0.2, 0) is 24.7 Å². The molecule has 2 aromatic carbocycles. The molecule has 0 aromatic heterocycles. The van der Waals surface area contributed by atoms with Crippen LogP contribution in [0, 0.1) is 0 Å². The number of nitrogens with zero attached hydrogens (tertiary/aromatic N) is 1. The molecule has 0 saturated carbocycles. The number of piperidine rings is 1. The number of benzene rings is 2. The minimum atomic E-state index is -4.01. The number of ether oxygens (including phenoxy) is 1. The first-order valence-corrected chi connectivity index (χ1v) is 15.3. The predicted octanol–water partition coefficient (Wildman–Crippen LogP) is 3.68.